The number of benzene rings is 2. The first kappa shape index (κ1) is 21.2. The summed E-state index contributed by atoms with van der Waals surface area (Å²) in [6.45, 7) is 6.47. The van der Waals surface area contributed by atoms with Crippen molar-refractivity contribution in [2.24, 2.45) is 13.0 Å². The van der Waals surface area contributed by atoms with Crippen LogP contribution in [0.2, 0.25) is 5.02 Å². The first-order chi connectivity index (χ1) is 14.7. The van der Waals surface area contributed by atoms with Gasteiger partial charge < -0.3 is 9.67 Å². The van der Waals surface area contributed by atoms with Crippen molar-refractivity contribution >= 4 is 39.5 Å². The van der Waals surface area contributed by atoms with Gasteiger partial charge in [0.2, 0.25) is 0 Å². The van der Waals surface area contributed by atoms with Crippen molar-refractivity contribution in [3.63, 3.8) is 0 Å². The topological polar surface area (TPSA) is 69.2 Å². The summed E-state index contributed by atoms with van der Waals surface area (Å²) in [5.74, 6) is -1.51. The molecule has 6 nitrogen and oxygen atoms in total. The molecular weight excluding hydrogens is 414 g/mol. The zero-order valence-corrected chi connectivity index (χ0v) is 18.9. The lowest BCUT2D eigenvalue weighted by Gasteiger charge is -2.11. The Bertz CT molecular complexity index is 1380. The number of aliphatic carboxylic acids is 1. The zero-order chi connectivity index (χ0) is 22.4. The average Bonchev–Trinajstić information content (AvgIpc) is 3.12. The molecule has 1 N–H and O–H groups in total. The monoisotopic (exact) mass is 439 g/mol. The number of aromatic nitrogens is 3. The van der Waals surface area contributed by atoms with Crippen molar-refractivity contribution < 1.29 is 9.90 Å². The molecule has 162 valence electrons. The van der Waals surface area contributed by atoms with E-state index in [0.717, 1.165) is 33.2 Å². The molecule has 0 aliphatic carbocycles. The fourth-order valence-corrected chi connectivity index (χ4v) is 4.69. The summed E-state index contributed by atoms with van der Waals surface area (Å²) in [6, 6.07) is 11.4. The maximum atomic E-state index is 13.4. The minimum atomic E-state index is -0.891. The molecule has 7 heteroatoms. The van der Waals surface area contributed by atoms with E-state index in [9.17, 15) is 14.7 Å². The summed E-state index contributed by atoms with van der Waals surface area (Å²) in [5, 5.41) is 11.2. The summed E-state index contributed by atoms with van der Waals surface area (Å²) in [6.07, 6.45) is 0.456. The Morgan fingerprint density at radius 2 is 1.77 bits per heavy atom. The molecule has 1 unspecified atom stereocenters. The maximum Gasteiger partial charge on any atom is 0.329 e. The highest BCUT2D eigenvalue weighted by Crippen LogP contribution is 2.31. The smallest absolute Gasteiger partial charge is 0.329 e. The number of carbonyl (C=O) groups is 1. The lowest BCUT2D eigenvalue weighted by atomic mass is 10.1. The van der Waals surface area contributed by atoms with Gasteiger partial charge in [-0.15, -0.1) is 0 Å². The van der Waals surface area contributed by atoms with E-state index in [2.05, 4.69) is 18.4 Å². The van der Waals surface area contributed by atoms with Crippen molar-refractivity contribution in [1.82, 2.24) is 13.7 Å². The molecule has 0 bridgehead atoms. The van der Waals surface area contributed by atoms with Crippen LogP contribution in [0.15, 0.2) is 41.2 Å². The summed E-state index contributed by atoms with van der Waals surface area (Å²) in [7, 11) is 2.02. The molecule has 2 aromatic carbocycles. The molecule has 0 spiro atoms. The van der Waals surface area contributed by atoms with Gasteiger partial charge in [-0.2, -0.15) is 0 Å². The highest BCUT2D eigenvalue weighted by molar-refractivity contribution is 6.31. The number of carboxylic acids is 1. The van der Waals surface area contributed by atoms with Crippen LogP contribution in [0.3, 0.4) is 0 Å². The zero-order valence-electron chi connectivity index (χ0n) is 18.1. The second-order valence-corrected chi connectivity index (χ2v) is 8.58. The predicted octanol–water partition coefficient (Wildman–Crippen LogP) is 4.72. The molecule has 31 heavy (non-hydrogen) atoms. The van der Waals surface area contributed by atoms with Gasteiger partial charge in [-0.25, -0.2) is 4.79 Å². The van der Waals surface area contributed by atoms with Crippen molar-refractivity contribution in [2.75, 3.05) is 0 Å². The average molecular weight is 440 g/mol. The van der Waals surface area contributed by atoms with Crippen LogP contribution in [0, 0.1) is 19.8 Å². The molecule has 2 aromatic heterocycles. The van der Waals surface area contributed by atoms with E-state index in [1.807, 2.05) is 50.4 Å². The van der Waals surface area contributed by atoms with Crippen LogP contribution < -0.4 is 5.69 Å². The molecule has 0 saturated carbocycles. The largest absolute Gasteiger partial charge is 0.481 e. The van der Waals surface area contributed by atoms with Crippen LogP contribution in [-0.4, -0.2) is 24.8 Å². The number of nitrogens with zero attached hydrogens (tertiary/aromatic N) is 3. The standard InChI is InChI=1S/C24H26ClN3O3/c1-5-16(23(29)30)12-27-20-8-6-7-9-21(20)28(24(27)31)13-17-10-18(25)11-19-14(2)15(3)26(4)22(17)19/h6-11,16H,5,12-13H2,1-4H3,(H,29,30). The Morgan fingerprint density at radius 3 is 2.39 bits per heavy atom. The van der Waals surface area contributed by atoms with Gasteiger partial charge in [0, 0.05) is 29.7 Å². The van der Waals surface area contributed by atoms with E-state index in [4.69, 9.17) is 11.6 Å². The second-order valence-electron chi connectivity index (χ2n) is 8.14. The van der Waals surface area contributed by atoms with Crippen molar-refractivity contribution in [1.29, 1.82) is 0 Å². The Hall–Kier alpha value is -2.99. The molecule has 0 aliphatic heterocycles. The number of carboxylic acid groups (broad SMARTS) is 1. The second kappa shape index (κ2) is 7.93. The van der Waals surface area contributed by atoms with Gasteiger partial charge >= 0.3 is 11.7 Å². The fraction of sp³-hybridized carbons (Fsp3) is 0.333. The van der Waals surface area contributed by atoms with E-state index >= 15 is 0 Å². The minimum Gasteiger partial charge on any atom is -0.481 e. The third-order valence-electron chi connectivity index (χ3n) is 6.44. The normalized spacial score (nSPS) is 12.7. The fourth-order valence-electron chi connectivity index (χ4n) is 4.45. The quantitative estimate of drug-likeness (QED) is 0.472. The van der Waals surface area contributed by atoms with Gasteiger partial charge in [0.25, 0.3) is 0 Å². The van der Waals surface area contributed by atoms with E-state index < -0.39 is 11.9 Å². The Kier molecular flexibility index (Phi) is 5.43. The molecule has 4 rings (SSSR count). The van der Waals surface area contributed by atoms with E-state index in [1.165, 1.54) is 5.56 Å². The summed E-state index contributed by atoms with van der Waals surface area (Å²) in [5.41, 5.74) is 5.64. The van der Waals surface area contributed by atoms with Crippen molar-refractivity contribution in [3.05, 3.63) is 68.7 Å². The number of fused-ring (bicyclic) bond motifs is 2. The molecule has 1 atom stereocenters. The van der Waals surface area contributed by atoms with Crippen LogP contribution in [0.5, 0.6) is 0 Å². The van der Waals surface area contributed by atoms with Crippen LogP contribution in [0.4, 0.5) is 0 Å². The number of hydrogen-bond donors (Lipinski definition) is 1. The van der Waals surface area contributed by atoms with Crippen LogP contribution >= 0.6 is 11.6 Å². The first-order valence-electron chi connectivity index (χ1n) is 10.4. The van der Waals surface area contributed by atoms with Gasteiger partial charge in [0.05, 0.1) is 29.0 Å². The van der Waals surface area contributed by atoms with Crippen LogP contribution in [0.1, 0.15) is 30.2 Å². The van der Waals surface area contributed by atoms with Gasteiger partial charge in [-0.1, -0.05) is 30.7 Å². The van der Waals surface area contributed by atoms with Gasteiger partial charge in [-0.05, 0) is 55.7 Å². The van der Waals surface area contributed by atoms with Crippen LogP contribution in [-0.2, 0) is 24.9 Å². The molecular formula is C24H26ClN3O3. The van der Waals surface area contributed by atoms with E-state index in [-0.39, 0.29) is 12.2 Å². The highest BCUT2D eigenvalue weighted by atomic mass is 35.5. The number of aryl methyl sites for hydroxylation is 2. The predicted molar refractivity (Wildman–Crippen MR) is 124 cm³/mol. The third-order valence-corrected chi connectivity index (χ3v) is 6.66. The number of halogens is 1. The lowest BCUT2D eigenvalue weighted by molar-refractivity contribution is -0.142. The van der Waals surface area contributed by atoms with E-state index in [0.29, 0.717) is 18.0 Å². The van der Waals surface area contributed by atoms with Gasteiger partial charge in [0.1, 0.15) is 0 Å². The molecule has 0 saturated heterocycles. The SMILES string of the molecule is CCC(Cn1c(=O)n(Cc2cc(Cl)cc3c(C)c(C)n(C)c23)c2ccccc21)C(=O)O. The number of rotatable bonds is 6. The Balaban J connectivity index is 1.91. The van der Waals surface area contributed by atoms with Crippen molar-refractivity contribution in [2.45, 2.75) is 40.3 Å². The lowest BCUT2D eigenvalue weighted by Crippen LogP contribution is -2.29. The molecule has 0 radical (unpaired) electrons. The van der Waals surface area contributed by atoms with E-state index in [1.54, 1.807) is 9.13 Å². The number of imidazole rings is 1. The minimum absolute atomic E-state index is 0.144. The molecule has 4 aromatic rings. The highest BCUT2D eigenvalue weighted by Gasteiger charge is 2.22. The number of para-hydroxylation sites is 2. The number of hydrogen-bond acceptors (Lipinski definition) is 2. The Labute approximate surface area is 185 Å². The summed E-state index contributed by atoms with van der Waals surface area (Å²) in [4.78, 5) is 25.0. The van der Waals surface area contributed by atoms with Crippen molar-refractivity contribution in [3.8, 4) is 0 Å². The molecule has 0 fully saturated rings. The summed E-state index contributed by atoms with van der Waals surface area (Å²) < 4.78 is 5.44. The van der Waals surface area contributed by atoms with Gasteiger partial charge in [0.15, 0.2) is 0 Å². The first-order valence-corrected chi connectivity index (χ1v) is 10.8. The maximum absolute atomic E-state index is 13.4. The Morgan fingerprint density at radius 1 is 1.13 bits per heavy atom. The summed E-state index contributed by atoms with van der Waals surface area (Å²) >= 11 is 6.44. The molecule has 0 amide bonds. The molecule has 0 aliphatic rings. The third kappa shape index (κ3) is 3.45. The van der Waals surface area contributed by atoms with Crippen LogP contribution in [0.25, 0.3) is 21.9 Å². The molecule has 2 heterocycles. The van der Waals surface area contributed by atoms with Gasteiger partial charge in [-0.3, -0.25) is 13.9 Å².